The van der Waals surface area contributed by atoms with Crippen molar-refractivity contribution in [3.8, 4) is 5.75 Å². The number of esters is 1. The van der Waals surface area contributed by atoms with Crippen LogP contribution < -0.4 is 9.67 Å². The number of carbonyl (C=O) groups is 3. The van der Waals surface area contributed by atoms with Crippen LogP contribution in [0.3, 0.4) is 0 Å². The molecule has 0 spiro atoms. The molecule has 134 valence electrons. The molecule has 0 heterocycles. The molecule has 4 N–H and O–H groups in total. The molecular weight excluding hydrogens is 385 g/mol. The Morgan fingerprint density at radius 2 is 1.79 bits per heavy atom. The van der Waals surface area contributed by atoms with Gasteiger partial charge in [0.15, 0.2) is 0 Å². The molecule has 0 radical (unpaired) electrons. The molecule has 0 aliphatic carbocycles. The summed E-state index contributed by atoms with van der Waals surface area (Å²) in [6, 6.07) is 3.71. The Kier molecular flexibility index (Phi) is 9.05. The summed E-state index contributed by atoms with van der Waals surface area (Å²) in [5.74, 6) is -1.48. The van der Waals surface area contributed by atoms with Crippen LogP contribution in [0.5, 0.6) is 5.75 Å². The Balaban J connectivity index is 0.000000506. The maximum absolute atomic E-state index is 11.1. The van der Waals surface area contributed by atoms with Crippen LogP contribution in [0, 0.1) is 0 Å². The van der Waals surface area contributed by atoms with Gasteiger partial charge >= 0.3 is 94.1 Å². The van der Waals surface area contributed by atoms with Crippen molar-refractivity contribution >= 4 is 41.9 Å². The van der Waals surface area contributed by atoms with Gasteiger partial charge in [-0.2, -0.15) is 0 Å². The first kappa shape index (κ1) is 21.9. The van der Waals surface area contributed by atoms with Crippen molar-refractivity contribution in [1.29, 1.82) is 0 Å². The summed E-state index contributed by atoms with van der Waals surface area (Å²) in [4.78, 5) is 31.4. The Hall–Kier alpha value is -2.09. The fourth-order valence-electron chi connectivity index (χ4n) is 1.49. The minimum absolute atomic E-state index is 0.103. The van der Waals surface area contributed by atoms with E-state index in [1.54, 1.807) is 6.92 Å². The fraction of sp³-hybridized carbons (Fsp3) is 0.357. The summed E-state index contributed by atoms with van der Waals surface area (Å²) in [7, 11) is 0. The first-order chi connectivity index (χ1) is 11.0. The van der Waals surface area contributed by atoms with E-state index in [1.165, 1.54) is 32.0 Å². The average molecular weight is 405 g/mol. The molecule has 0 aliphatic rings. The van der Waals surface area contributed by atoms with E-state index in [0.717, 1.165) is 0 Å². The molecule has 0 atom stereocenters. The van der Waals surface area contributed by atoms with Crippen LogP contribution in [0.2, 0.25) is 0 Å². The van der Waals surface area contributed by atoms with Gasteiger partial charge < -0.3 is 4.74 Å². The maximum atomic E-state index is 11.1. The van der Waals surface area contributed by atoms with E-state index in [2.05, 4.69) is 10.1 Å². The van der Waals surface area contributed by atoms with Gasteiger partial charge in [-0.05, 0) is 13.8 Å². The number of nitrogens with one attached hydrogen (secondary N) is 1. The number of ether oxygens (including phenoxy) is 1. The Morgan fingerprint density at radius 3 is 2.21 bits per heavy atom. The zero-order chi connectivity index (χ0) is 18.9. The second-order valence-corrected chi connectivity index (χ2v) is 7.87. The number of Topliss-reactive ketones (excluding diaryl/α,β-unsaturated/α-hetero) is 1. The number of phenolic OH excluding ortho intramolecular Hbond substituents is 1. The van der Waals surface area contributed by atoms with E-state index >= 15 is 0 Å². The number of ketones is 1. The van der Waals surface area contributed by atoms with E-state index in [0.29, 0.717) is 6.61 Å². The predicted molar refractivity (Wildman–Crippen MR) is 84.9 cm³/mol. The number of benzene rings is 1. The molecule has 10 heteroatoms. The van der Waals surface area contributed by atoms with Crippen molar-refractivity contribution in [2.24, 2.45) is 0 Å². The normalized spacial score (nSPS) is 10.2. The topological polar surface area (TPSA) is 150 Å². The molecular formula is C14H20AsNO8. The second kappa shape index (κ2) is 9.92. The minimum atomic E-state index is -5.14. The minimum Gasteiger partial charge on any atom is -0.466 e. The summed E-state index contributed by atoms with van der Waals surface area (Å²) >= 11 is -5.14. The third-order valence-electron chi connectivity index (χ3n) is 2.33. The number of carbonyl (C=O) groups excluding carboxylic acids is 3. The number of rotatable bonds is 5. The van der Waals surface area contributed by atoms with Gasteiger partial charge in [0.1, 0.15) is 12.2 Å². The van der Waals surface area contributed by atoms with Crippen LogP contribution in [-0.4, -0.2) is 51.7 Å². The molecule has 0 bridgehead atoms. The van der Waals surface area contributed by atoms with Gasteiger partial charge in [0.25, 0.3) is 0 Å². The zero-order valence-corrected chi connectivity index (χ0v) is 15.4. The number of phenols is 1. The average Bonchev–Trinajstić information content (AvgIpc) is 2.39. The van der Waals surface area contributed by atoms with Gasteiger partial charge in [0, 0.05) is 0 Å². The molecule has 0 fully saturated rings. The molecule has 1 aromatic rings. The van der Waals surface area contributed by atoms with Crippen LogP contribution in [0.4, 0.5) is 5.69 Å². The van der Waals surface area contributed by atoms with Crippen molar-refractivity contribution in [2.75, 3.05) is 11.9 Å². The van der Waals surface area contributed by atoms with E-state index in [4.69, 9.17) is 8.19 Å². The third-order valence-corrected chi connectivity index (χ3v) is 4.43. The van der Waals surface area contributed by atoms with E-state index in [1.807, 2.05) is 0 Å². The van der Waals surface area contributed by atoms with Crippen LogP contribution in [0.1, 0.15) is 27.2 Å². The number of hydrogen-bond acceptors (Lipinski definition) is 6. The van der Waals surface area contributed by atoms with E-state index in [9.17, 15) is 23.2 Å². The first-order valence-electron chi connectivity index (χ1n) is 6.79. The molecule has 1 aromatic carbocycles. The molecule has 0 unspecified atom stereocenters. The molecule has 0 aliphatic heterocycles. The molecule has 1 amide bonds. The van der Waals surface area contributed by atoms with Crippen LogP contribution in [0.15, 0.2) is 18.2 Å². The van der Waals surface area contributed by atoms with Crippen molar-refractivity contribution in [1.82, 2.24) is 0 Å². The second-order valence-electron chi connectivity index (χ2n) is 4.58. The van der Waals surface area contributed by atoms with Gasteiger partial charge in [-0.1, -0.05) is 0 Å². The summed E-state index contributed by atoms with van der Waals surface area (Å²) < 4.78 is 33.3. The summed E-state index contributed by atoms with van der Waals surface area (Å²) in [6.45, 7) is 4.59. The maximum Gasteiger partial charge on any atom is 0.313 e. The first-order valence-corrected chi connectivity index (χ1v) is 10.2. The van der Waals surface area contributed by atoms with Gasteiger partial charge in [0.2, 0.25) is 0 Å². The number of amides is 1. The number of para-hydroxylation sites is 1. The third kappa shape index (κ3) is 8.52. The van der Waals surface area contributed by atoms with Crippen molar-refractivity contribution in [3.63, 3.8) is 0 Å². The monoisotopic (exact) mass is 405 g/mol. The molecule has 24 heavy (non-hydrogen) atoms. The number of aromatic hydroxyl groups is 1. The molecule has 9 nitrogen and oxygen atoms in total. The van der Waals surface area contributed by atoms with Crippen LogP contribution in [0.25, 0.3) is 0 Å². The molecule has 0 saturated heterocycles. The van der Waals surface area contributed by atoms with Gasteiger partial charge in [-0.3, -0.25) is 9.59 Å². The Labute approximate surface area is 141 Å². The van der Waals surface area contributed by atoms with Crippen molar-refractivity contribution in [3.05, 3.63) is 18.2 Å². The smallest absolute Gasteiger partial charge is 0.313 e. The summed E-state index contributed by atoms with van der Waals surface area (Å²) in [6.07, 6.45) is -0.103. The molecule has 0 aromatic heterocycles. The predicted octanol–water partition coefficient (Wildman–Crippen LogP) is -0.560. The van der Waals surface area contributed by atoms with Gasteiger partial charge in [-0.25, -0.2) is 0 Å². The zero-order valence-electron chi connectivity index (χ0n) is 13.5. The van der Waals surface area contributed by atoms with Gasteiger partial charge in [0.05, 0.1) is 6.61 Å². The van der Waals surface area contributed by atoms with Crippen LogP contribution >= 0.6 is 0 Å². The Bertz CT molecular complexity index is 652. The molecule has 0 saturated carbocycles. The van der Waals surface area contributed by atoms with Crippen molar-refractivity contribution in [2.45, 2.75) is 27.2 Å². The number of anilines is 1. The quantitative estimate of drug-likeness (QED) is 0.220. The molecule has 1 rings (SSSR count). The Morgan fingerprint density at radius 1 is 1.21 bits per heavy atom. The van der Waals surface area contributed by atoms with Crippen molar-refractivity contribution < 1.29 is 36.2 Å². The summed E-state index contributed by atoms with van der Waals surface area (Å²) in [5.41, 5.74) is -0.225. The summed E-state index contributed by atoms with van der Waals surface area (Å²) in [5, 5.41) is 11.5. The van der Waals surface area contributed by atoms with Gasteiger partial charge in [-0.15, -0.1) is 0 Å². The standard InChI is InChI=1S/C8H10AsNO5.C6H10O3/c1-5(11)10-8-6(9(13,14)15)3-2-4-7(8)12;1-3-9-6(8)4-5(2)7/h2-4,12H,1H3,(H,10,11)(H2,13,14,15);3-4H2,1-2H3. The van der Waals surface area contributed by atoms with Crippen LogP contribution in [-0.2, 0) is 22.9 Å². The van der Waals surface area contributed by atoms with E-state index in [-0.39, 0.29) is 28.0 Å². The largest absolute Gasteiger partial charge is 0.466 e. The number of hydrogen-bond donors (Lipinski definition) is 4. The SMILES string of the molecule is CC(=O)Nc1c(O)cccc1[As](=O)(O)O.CCOC(=O)CC(C)=O. The fourth-order valence-corrected chi connectivity index (χ4v) is 3.05. The van der Waals surface area contributed by atoms with E-state index < -0.39 is 26.0 Å².